The molecule has 3 aromatic rings. The lowest BCUT2D eigenvalue weighted by atomic mass is 10.1. The molecule has 4 nitrogen and oxygen atoms in total. The Morgan fingerprint density at radius 1 is 1.14 bits per heavy atom. The van der Waals surface area contributed by atoms with Crippen LogP contribution < -0.4 is 11.1 Å². The molecule has 102 valence electrons. The van der Waals surface area contributed by atoms with E-state index in [9.17, 15) is 5.26 Å². The molecule has 21 heavy (non-hydrogen) atoms. The number of pyridine rings is 1. The molecule has 1 aromatic heterocycles. The fourth-order valence-corrected chi connectivity index (χ4v) is 2.23. The third-order valence-corrected chi connectivity index (χ3v) is 3.42. The first-order valence-electron chi connectivity index (χ1n) is 6.29. The minimum Gasteiger partial charge on any atom is -0.399 e. The van der Waals surface area contributed by atoms with Crippen molar-refractivity contribution in [3.63, 3.8) is 0 Å². The number of benzene rings is 2. The fourth-order valence-electron chi connectivity index (χ4n) is 2.06. The number of nitriles is 1. The van der Waals surface area contributed by atoms with Gasteiger partial charge in [0, 0.05) is 11.1 Å². The van der Waals surface area contributed by atoms with Crippen molar-refractivity contribution < 1.29 is 0 Å². The van der Waals surface area contributed by atoms with Gasteiger partial charge in [-0.3, -0.25) is 0 Å². The minimum atomic E-state index is 0.451. The third-order valence-electron chi connectivity index (χ3n) is 3.09. The lowest BCUT2D eigenvalue weighted by molar-refractivity contribution is 1.34. The summed E-state index contributed by atoms with van der Waals surface area (Å²) in [5.41, 5.74) is 8.22. The standard InChI is InChI=1S/C16H11ClN4/c17-13-6-5-12(19)8-15(13)21-16-11(9-18)7-10-3-1-2-4-14(10)20-16/h1-8H,19H2,(H,20,21). The molecule has 0 bridgehead atoms. The van der Waals surface area contributed by atoms with Crippen molar-refractivity contribution in [3.8, 4) is 6.07 Å². The molecule has 0 aliphatic rings. The van der Waals surface area contributed by atoms with Crippen LogP contribution in [0, 0.1) is 11.3 Å². The fraction of sp³-hybridized carbons (Fsp3) is 0. The van der Waals surface area contributed by atoms with Crippen LogP contribution in [0.2, 0.25) is 5.02 Å². The monoisotopic (exact) mass is 294 g/mol. The number of rotatable bonds is 2. The Hall–Kier alpha value is -2.77. The maximum Gasteiger partial charge on any atom is 0.149 e. The molecule has 0 unspecified atom stereocenters. The van der Waals surface area contributed by atoms with Crippen molar-refractivity contribution in [3.05, 3.63) is 59.1 Å². The number of nitrogens with two attached hydrogens (primary N) is 1. The van der Waals surface area contributed by atoms with Gasteiger partial charge >= 0.3 is 0 Å². The first kappa shape index (κ1) is 13.2. The van der Waals surface area contributed by atoms with Crippen LogP contribution in [-0.2, 0) is 0 Å². The maximum atomic E-state index is 9.29. The zero-order valence-electron chi connectivity index (χ0n) is 11.0. The minimum absolute atomic E-state index is 0.451. The highest BCUT2D eigenvalue weighted by Crippen LogP contribution is 2.29. The maximum absolute atomic E-state index is 9.29. The van der Waals surface area contributed by atoms with Gasteiger partial charge in [0.05, 0.1) is 21.8 Å². The van der Waals surface area contributed by atoms with E-state index in [4.69, 9.17) is 17.3 Å². The molecule has 0 aliphatic heterocycles. The van der Waals surface area contributed by atoms with Gasteiger partial charge in [-0.25, -0.2) is 4.98 Å². The Morgan fingerprint density at radius 2 is 1.95 bits per heavy atom. The van der Waals surface area contributed by atoms with Crippen LogP contribution in [-0.4, -0.2) is 4.98 Å². The molecule has 0 spiro atoms. The first-order chi connectivity index (χ1) is 10.2. The number of nitrogen functional groups attached to an aromatic ring is 1. The molecule has 5 heteroatoms. The zero-order valence-corrected chi connectivity index (χ0v) is 11.7. The van der Waals surface area contributed by atoms with Gasteiger partial charge in [0.1, 0.15) is 11.9 Å². The van der Waals surface area contributed by atoms with Gasteiger partial charge in [-0.2, -0.15) is 5.26 Å². The van der Waals surface area contributed by atoms with Gasteiger partial charge in [0.2, 0.25) is 0 Å². The average molecular weight is 295 g/mol. The van der Waals surface area contributed by atoms with Gasteiger partial charge in [0.25, 0.3) is 0 Å². The molecular weight excluding hydrogens is 284 g/mol. The van der Waals surface area contributed by atoms with E-state index in [0.717, 1.165) is 10.9 Å². The molecule has 0 saturated carbocycles. The zero-order chi connectivity index (χ0) is 14.8. The predicted molar refractivity (Wildman–Crippen MR) is 85.6 cm³/mol. The van der Waals surface area contributed by atoms with Gasteiger partial charge in [-0.05, 0) is 30.3 Å². The summed E-state index contributed by atoms with van der Waals surface area (Å²) in [6.07, 6.45) is 0. The second-order valence-corrected chi connectivity index (χ2v) is 4.96. The Balaban J connectivity index is 2.11. The summed E-state index contributed by atoms with van der Waals surface area (Å²) in [5, 5.41) is 13.8. The topological polar surface area (TPSA) is 74.7 Å². The van der Waals surface area contributed by atoms with Gasteiger partial charge in [-0.1, -0.05) is 29.8 Å². The molecule has 3 rings (SSSR count). The van der Waals surface area contributed by atoms with E-state index in [0.29, 0.717) is 27.8 Å². The third kappa shape index (κ3) is 2.60. The van der Waals surface area contributed by atoms with Crippen molar-refractivity contribution in [2.75, 3.05) is 11.1 Å². The highest BCUT2D eigenvalue weighted by Gasteiger charge is 2.09. The van der Waals surface area contributed by atoms with Crippen LogP contribution in [0.1, 0.15) is 5.56 Å². The molecule has 3 N–H and O–H groups in total. The van der Waals surface area contributed by atoms with Crippen LogP contribution in [0.3, 0.4) is 0 Å². The van der Waals surface area contributed by atoms with Crippen molar-refractivity contribution in [2.24, 2.45) is 0 Å². The number of halogens is 1. The highest BCUT2D eigenvalue weighted by atomic mass is 35.5. The second-order valence-electron chi connectivity index (χ2n) is 4.55. The van der Waals surface area contributed by atoms with Gasteiger partial charge < -0.3 is 11.1 Å². The number of hydrogen-bond donors (Lipinski definition) is 2. The van der Waals surface area contributed by atoms with Crippen molar-refractivity contribution in [2.45, 2.75) is 0 Å². The van der Waals surface area contributed by atoms with E-state index in [1.165, 1.54) is 0 Å². The summed E-state index contributed by atoms with van der Waals surface area (Å²) >= 11 is 6.13. The Bertz CT molecular complexity index is 868. The Morgan fingerprint density at radius 3 is 2.76 bits per heavy atom. The van der Waals surface area contributed by atoms with Crippen molar-refractivity contribution in [1.82, 2.24) is 4.98 Å². The molecule has 0 atom stereocenters. The number of aromatic nitrogens is 1. The molecule has 0 radical (unpaired) electrons. The highest BCUT2D eigenvalue weighted by molar-refractivity contribution is 6.33. The largest absolute Gasteiger partial charge is 0.399 e. The second kappa shape index (κ2) is 5.31. The van der Waals surface area contributed by atoms with E-state index >= 15 is 0 Å². The Kier molecular flexibility index (Phi) is 3.35. The lowest BCUT2D eigenvalue weighted by Crippen LogP contribution is -1.99. The SMILES string of the molecule is N#Cc1cc2ccccc2nc1Nc1cc(N)ccc1Cl. The molecule has 0 amide bonds. The number of hydrogen-bond acceptors (Lipinski definition) is 4. The molecule has 0 aliphatic carbocycles. The van der Waals surface area contributed by atoms with E-state index in [2.05, 4.69) is 16.4 Å². The predicted octanol–water partition coefficient (Wildman–Crippen LogP) is 4.09. The average Bonchev–Trinajstić information content (AvgIpc) is 2.50. The van der Waals surface area contributed by atoms with Gasteiger partial charge in [0.15, 0.2) is 0 Å². The molecular formula is C16H11ClN4. The van der Waals surface area contributed by atoms with Crippen LogP contribution >= 0.6 is 11.6 Å². The van der Waals surface area contributed by atoms with E-state index in [-0.39, 0.29) is 0 Å². The van der Waals surface area contributed by atoms with Crippen LogP contribution in [0.4, 0.5) is 17.2 Å². The summed E-state index contributed by atoms with van der Waals surface area (Å²) in [6.45, 7) is 0. The summed E-state index contributed by atoms with van der Waals surface area (Å²) in [5.74, 6) is 0.462. The molecule has 2 aromatic carbocycles. The number of nitrogens with one attached hydrogen (secondary N) is 1. The van der Waals surface area contributed by atoms with Crippen LogP contribution in [0.15, 0.2) is 48.5 Å². The normalized spacial score (nSPS) is 10.3. The Labute approximate surface area is 126 Å². The van der Waals surface area contributed by atoms with Crippen LogP contribution in [0.25, 0.3) is 10.9 Å². The number of anilines is 3. The molecule has 0 saturated heterocycles. The van der Waals surface area contributed by atoms with Crippen molar-refractivity contribution in [1.29, 1.82) is 5.26 Å². The summed E-state index contributed by atoms with van der Waals surface area (Å²) < 4.78 is 0. The lowest BCUT2D eigenvalue weighted by Gasteiger charge is -2.11. The van der Waals surface area contributed by atoms with Crippen LogP contribution in [0.5, 0.6) is 0 Å². The number of fused-ring (bicyclic) bond motifs is 1. The quantitative estimate of drug-likeness (QED) is 0.698. The molecule has 0 fully saturated rings. The summed E-state index contributed by atoms with van der Waals surface area (Å²) in [4.78, 5) is 4.48. The van der Waals surface area contributed by atoms with Crippen molar-refractivity contribution >= 4 is 39.7 Å². The van der Waals surface area contributed by atoms with E-state index < -0.39 is 0 Å². The van der Waals surface area contributed by atoms with E-state index in [1.54, 1.807) is 24.3 Å². The number of para-hydroxylation sites is 1. The first-order valence-corrected chi connectivity index (χ1v) is 6.67. The summed E-state index contributed by atoms with van der Waals surface area (Å²) in [6, 6.07) is 16.7. The smallest absolute Gasteiger partial charge is 0.149 e. The van der Waals surface area contributed by atoms with E-state index in [1.807, 2.05) is 24.3 Å². The van der Waals surface area contributed by atoms with Gasteiger partial charge in [-0.15, -0.1) is 0 Å². The summed E-state index contributed by atoms with van der Waals surface area (Å²) in [7, 11) is 0. The number of nitrogens with zero attached hydrogens (tertiary/aromatic N) is 2. The molecule has 1 heterocycles.